The molecule has 4 nitrogen and oxygen atoms in total. The lowest BCUT2D eigenvalue weighted by Crippen LogP contribution is -2.66. The van der Waals surface area contributed by atoms with Crippen molar-refractivity contribution in [2.75, 3.05) is 0 Å². The molecule has 7 atom stereocenters. The third-order valence-corrected chi connectivity index (χ3v) is 8.09. The summed E-state index contributed by atoms with van der Waals surface area (Å²) in [5.74, 6) is 0.368. The van der Waals surface area contributed by atoms with Crippen LogP contribution in [-0.4, -0.2) is 28.6 Å². The van der Waals surface area contributed by atoms with Gasteiger partial charge in [-0.15, -0.1) is 0 Å². The summed E-state index contributed by atoms with van der Waals surface area (Å²) < 4.78 is 5.40. The Hall–Kier alpha value is -0.870. The first-order chi connectivity index (χ1) is 10.7. The largest absolute Gasteiger partial charge is 0.435 e. The van der Waals surface area contributed by atoms with Crippen molar-refractivity contribution >= 4 is 5.97 Å². The van der Waals surface area contributed by atoms with Gasteiger partial charge in [0.25, 0.3) is 0 Å². The molecule has 1 aliphatic heterocycles. The number of rotatable bonds is 0. The van der Waals surface area contributed by atoms with Gasteiger partial charge < -0.3 is 14.9 Å². The van der Waals surface area contributed by atoms with Crippen LogP contribution in [0.5, 0.6) is 0 Å². The van der Waals surface area contributed by atoms with Gasteiger partial charge in [-0.25, -0.2) is 0 Å². The van der Waals surface area contributed by atoms with Crippen LogP contribution in [0, 0.1) is 34.0 Å². The number of aliphatic hydroxyl groups excluding tert-OH is 2. The van der Waals surface area contributed by atoms with Crippen molar-refractivity contribution in [3.05, 3.63) is 12.2 Å². The standard InChI is InChI=1S/C19H28O4/c1-10-11-5-6-13-18(4)12(7-8-19(13,9-11)14(10)20)17(2,3)15(21)23-16(18)22/h11-14,16,20,22H,1,5-9H2,2-4H3/t11-,12-,13+,14+,16-,18-,19-/m1/s1. The van der Waals surface area contributed by atoms with Gasteiger partial charge >= 0.3 is 5.97 Å². The maximum atomic E-state index is 12.3. The van der Waals surface area contributed by atoms with E-state index in [0.717, 1.165) is 37.7 Å². The first kappa shape index (κ1) is 15.6. The van der Waals surface area contributed by atoms with Crippen molar-refractivity contribution in [2.45, 2.75) is 65.3 Å². The van der Waals surface area contributed by atoms with Gasteiger partial charge in [0, 0.05) is 10.8 Å². The first-order valence-electron chi connectivity index (χ1n) is 8.91. The topological polar surface area (TPSA) is 66.8 Å². The van der Waals surface area contributed by atoms with E-state index in [-0.39, 0.29) is 23.2 Å². The molecule has 1 spiro atoms. The molecule has 4 fully saturated rings. The third-order valence-electron chi connectivity index (χ3n) is 8.09. The number of aliphatic hydroxyl groups is 2. The van der Waals surface area contributed by atoms with E-state index in [0.29, 0.717) is 5.92 Å². The van der Waals surface area contributed by atoms with E-state index in [1.165, 1.54) is 0 Å². The molecule has 4 heteroatoms. The molecule has 4 aliphatic rings. The van der Waals surface area contributed by atoms with Gasteiger partial charge in [-0.05, 0) is 69.3 Å². The predicted molar refractivity (Wildman–Crippen MR) is 85.1 cm³/mol. The Balaban J connectivity index is 1.82. The number of ether oxygens (including phenoxy) is 1. The smallest absolute Gasteiger partial charge is 0.314 e. The summed E-state index contributed by atoms with van der Waals surface area (Å²) in [6.45, 7) is 10.1. The van der Waals surface area contributed by atoms with Crippen LogP contribution in [0.3, 0.4) is 0 Å². The summed E-state index contributed by atoms with van der Waals surface area (Å²) >= 11 is 0. The van der Waals surface area contributed by atoms with E-state index in [1.807, 2.05) is 13.8 Å². The molecule has 1 saturated heterocycles. The molecule has 3 saturated carbocycles. The van der Waals surface area contributed by atoms with Crippen molar-refractivity contribution < 1.29 is 19.7 Å². The lowest BCUT2D eigenvalue weighted by Gasteiger charge is -2.63. The Labute approximate surface area is 137 Å². The highest BCUT2D eigenvalue weighted by Gasteiger charge is 2.70. The number of esters is 1. The molecule has 128 valence electrons. The fraction of sp³-hybridized carbons (Fsp3) is 0.842. The monoisotopic (exact) mass is 320 g/mol. The summed E-state index contributed by atoms with van der Waals surface area (Å²) in [6, 6.07) is 0. The minimum Gasteiger partial charge on any atom is -0.435 e. The number of fused-ring (bicyclic) bond motifs is 3. The number of hydrogen-bond donors (Lipinski definition) is 2. The average molecular weight is 320 g/mol. The molecule has 2 N–H and O–H groups in total. The Morgan fingerprint density at radius 2 is 1.83 bits per heavy atom. The van der Waals surface area contributed by atoms with Gasteiger partial charge in [0.2, 0.25) is 6.29 Å². The second kappa shape index (κ2) is 4.40. The highest BCUT2D eigenvalue weighted by molar-refractivity contribution is 5.77. The van der Waals surface area contributed by atoms with Crippen LogP contribution >= 0.6 is 0 Å². The normalized spacial score (nSPS) is 54.2. The zero-order valence-corrected chi connectivity index (χ0v) is 14.3. The molecule has 0 aromatic carbocycles. The lowest BCUT2D eigenvalue weighted by atomic mass is 9.43. The quantitative estimate of drug-likeness (QED) is 0.532. The van der Waals surface area contributed by atoms with Crippen molar-refractivity contribution in [1.82, 2.24) is 0 Å². The van der Waals surface area contributed by atoms with E-state index in [2.05, 4.69) is 13.5 Å². The van der Waals surface area contributed by atoms with Crippen molar-refractivity contribution in [1.29, 1.82) is 0 Å². The second-order valence-electron chi connectivity index (χ2n) is 9.18. The Morgan fingerprint density at radius 1 is 1.13 bits per heavy atom. The Bertz CT molecular complexity index is 582. The molecular weight excluding hydrogens is 292 g/mol. The van der Waals surface area contributed by atoms with Gasteiger partial charge in [-0.3, -0.25) is 4.79 Å². The van der Waals surface area contributed by atoms with E-state index >= 15 is 0 Å². The number of carbonyl (C=O) groups excluding carboxylic acids is 1. The highest BCUT2D eigenvalue weighted by Crippen LogP contribution is 2.71. The molecule has 2 bridgehead atoms. The van der Waals surface area contributed by atoms with Crippen molar-refractivity contribution in [3.63, 3.8) is 0 Å². The summed E-state index contributed by atoms with van der Waals surface area (Å²) in [6.07, 6.45) is 3.17. The van der Waals surface area contributed by atoms with Gasteiger partial charge in [0.1, 0.15) is 0 Å². The van der Waals surface area contributed by atoms with Crippen LogP contribution in [0.25, 0.3) is 0 Å². The lowest BCUT2D eigenvalue weighted by molar-refractivity contribution is -0.289. The highest BCUT2D eigenvalue weighted by atomic mass is 16.6. The molecule has 4 rings (SSSR count). The average Bonchev–Trinajstić information content (AvgIpc) is 2.67. The van der Waals surface area contributed by atoms with Crippen LogP contribution in [0.2, 0.25) is 0 Å². The number of carbonyl (C=O) groups is 1. The maximum Gasteiger partial charge on any atom is 0.314 e. The summed E-state index contributed by atoms with van der Waals surface area (Å²) in [4.78, 5) is 12.3. The van der Waals surface area contributed by atoms with Crippen LogP contribution < -0.4 is 0 Å². The van der Waals surface area contributed by atoms with Crippen LogP contribution in [0.4, 0.5) is 0 Å². The molecular formula is C19H28O4. The fourth-order valence-electron chi connectivity index (χ4n) is 6.88. The first-order valence-corrected chi connectivity index (χ1v) is 8.91. The minimum absolute atomic E-state index is 0.0829. The molecule has 0 aromatic heterocycles. The number of cyclic esters (lactones) is 1. The van der Waals surface area contributed by atoms with Gasteiger partial charge in [-0.1, -0.05) is 13.5 Å². The molecule has 23 heavy (non-hydrogen) atoms. The molecule has 0 aromatic rings. The van der Waals surface area contributed by atoms with Crippen LogP contribution in [-0.2, 0) is 9.53 Å². The molecule has 0 unspecified atom stereocenters. The molecule has 1 heterocycles. The van der Waals surface area contributed by atoms with Crippen LogP contribution in [0.15, 0.2) is 12.2 Å². The van der Waals surface area contributed by atoms with Crippen molar-refractivity contribution in [3.8, 4) is 0 Å². The van der Waals surface area contributed by atoms with E-state index in [1.54, 1.807) is 0 Å². The van der Waals surface area contributed by atoms with E-state index < -0.39 is 23.2 Å². The third kappa shape index (κ3) is 1.62. The Kier molecular flexibility index (Phi) is 2.99. The summed E-state index contributed by atoms with van der Waals surface area (Å²) in [5, 5.41) is 21.7. The molecule has 0 radical (unpaired) electrons. The zero-order chi connectivity index (χ0) is 16.8. The van der Waals surface area contributed by atoms with Gasteiger partial charge in [0.05, 0.1) is 11.5 Å². The second-order valence-corrected chi connectivity index (χ2v) is 9.18. The SMILES string of the molecule is C=C1[C@@H]2CC[C@@H]3[C@@](CC[C@@H]4C(C)(C)C(=O)O[C@@H](O)[C@]43C)(C2)[C@H]1O. The van der Waals surface area contributed by atoms with Gasteiger partial charge in [-0.2, -0.15) is 0 Å². The summed E-state index contributed by atoms with van der Waals surface area (Å²) in [7, 11) is 0. The van der Waals surface area contributed by atoms with Crippen LogP contribution in [0.1, 0.15) is 52.9 Å². The molecule has 0 amide bonds. The summed E-state index contributed by atoms with van der Waals surface area (Å²) in [5.41, 5.74) is -0.290. The molecule has 3 aliphatic carbocycles. The Morgan fingerprint density at radius 3 is 2.52 bits per heavy atom. The van der Waals surface area contributed by atoms with Gasteiger partial charge in [0.15, 0.2) is 0 Å². The zero-order valence-electron chi connectivity index (χ0n) is 14.3. The van der Waals surface area contributed by atoms with Crippen molar-refractivity contribution in [2.24, 2.45) is 34.0 Å². The fourth-order valence-corrected chi connectivity index (χ4v) is 6.88. The van der Waals surface area contributed by atoms with E-state index in [9.17, 15) is 15.0 Å². The minimum atomic E-state index is -1.08. The predicted octanol–water partition coefficient (Wildman–Crippen LogP) is 2.64. The number of hydrogen-bond acceptors (Lipinski definition) is 4. The maximum absolute atomic E-state index is 12.3. The van der Waals surface area contributed by atoms with E-state index in [4.69, 9.17) is 4.74 Å².